The largest absolute Gasteiger partial charge is 0.474 e. The molecule has 0 saturated heterocycles. The summed E-state index contributed by atoms with van der Waals surface area (Å²) in [5, 5.41) is 7.73. The van der Waals surface area contributed by atoms with Crippen LogP contribution in [0.25, 0.3) is 0 Å². The number of pyridine rings is 1. The SMILES string of the molecule is Cc1cc(C)n(Cc2cccc(CNC(=O)c3cnc(OC(C)C)c(Cl)c3)c2)n1. The molecule has 0 fully saturated rings. The highest BCUT2D eigenvalue weighted by Gasteiger charge is 2.12. The molecule has 1 amide bonds. The number of nitrogens with zero attached hydrogens (tertiary/aromatic N) is 3. The molecule has 0 saturated carbocycles. The van der Waals surface area contributed by atoms with Gasteiger partial charge in [0, 0.05) is 18.4 Å². The number of amides is 1. The Hall–Kier alpha value is -2.86. The molecule has 0 radical (unpaired) electrons. The number of halogens is 1. The Balaban J connectivity index is 1.63. The predicted molar refractivity (Wildman–Crippen MR) is 113 cm³/mol. The lowest BCUT2D eigenvalue weighted by molar-refractivity contribution is 0.0950. The minimum absolute atomic E-state index is 0.0404. The number of aryl methyl sites for hydroxylation is 2. The zero-order chi connectivity index (χ0) is 21.0. The van der Waals surface area contributed by atoms with E-state index in [9.17, 15) is 4.79 Å². The molecule has 0 unspecified atom stereocenters. The summed E-state index contributed by atoms with van der Waals surface area (Å²) in [5.41, 5.74) is 4.66. The molecule has 152 valence electrons. The van der Waals surface area contributed by atoms with Crippen LogP contribution < -0.4 is 10.1 Å². The molecule has 3 rings (SSSR count). The third-order valence-electron chi connectivity index (χ3n) is 4.30. The van der Waals surface area contributed by atoms with Crippen molar-refractivity contribution in [3.05, 3.63) is 75.7 Å². The van der Waals surface area contributed by atoms with Crippen molar-refractivity contribution in [2.24, 2.45) is 0 Å². The lowest BCUT2D eigenvalue weighted by Crippen LogP contribution is -2.23. The van der Waals surface area contributed by atoms with Crippen LogP contribution in [0.3, 0.4) is 0 Å². The van der Waals surface area contributed by atoms with Gasteiger partial charge in [0.25, 0.3) is 5.91 Å². The first-order valence-electron chi connectivity index (χ1n) is 9.51. The molecule has 7 heteroatoms. The maximum Gasteiger partial charge on any atom is 0.253 e. The molecule has 0 atom stereocenters. The van der Waals surface area contributed by atoms with E-state index in [1.807, 2.05) is 44.5 Å². The van der Waals surface area contributed by atoms with E-state index in [1.165, 1.54) is 6.20 Å². The van der Waals surface area contributed by atoms with Gasteiger partial charge in [-0.15, -0.1) is 0 Å². The Morgan fingerprint density at radius 1 is 1.21 bits per heavy atom. The fourth-order valence-corrected chi connectivity index (χ4v) is 3.20. The fraction of sp³-hybridized carbons (Fsp3) is 0.318. The summed E-state index contributed by atoms with van der Waals surface area (Å²) in [6.45, 7) is 8.91. The zero-order valence-corrected chi connectivity index (χ0v) is 17.8. The smallest absolute Gasteiger partial charge is 0.253 e. The Kier molecular flexibility index (Phi) is 6.54. The fourth-order valence-electron chi connectivity index (χ4n) is 2.99. The maximum absolute atomic E-state index is 12.5. The van der Waals surface area contributed by atoms with Crippen LogP contribution in [0, 0.1) is 13.8 Å². The molecule has 0 aliphatic rings. The number of ether oxygens (including phenoxy) is 1. The first-order chi connectivity index (χ1) is 13.8. The second-order valence-electron chi connectivity index (χ2n) is 7.26. The van der Waals surface area contributed by atoms with Crippen molar-refractivity contribution < 1.29 is 9.53 Å². The third-order valence-corrected chi connectivity index (χ3v) is 4.57. The van der Waals surface area contributed by atoms with Crippen molar-refractivity contribution in [1.29, 1.82) is 0 Å². The monoisotopic (exact) mass is 412 g/mol. The van der Waals surface area contributed by atoms with Gasteiger partial charge < -0.3 is 10.1 Å². The summed E-state index contributed by atoms with van der Waals surface area (Å²) in [6, 6.07) is 11.7. The molecule has 1 aromatic carbocycles. The number of benzene rings is 1. The highest BCUT2D eigenvalue weighted by atomic mass is 35.5. The van der Waals surface area contributed by atoms with Gasteiger partial charge in [-0.25, -0.2) is 4.98 Å². The second kappa shape index (κ2) is 9.09. The molecule has 2 heterocycles. The van der Waals surface area contributed by atoms with Crippen molar-refractivity contribution in [3.8, 4) is 5.88 Å². The molecule has 3 aromatic rings. The number of hydrogen-bond acceptors (Lipinski definition) is 4. The molecule has 0 bridgehead atoms. The van der Waals surface area contributed by atoms with E-state index in [2.05, 4.69) is 33.6 Å². The normalized spacial score (nSPS) is 11.0. The van der Waals surface area contributed by atoms with Gasteiger partial charge in [-0.2, -0.15) is 5.10 Å². The maximum atomic E-state index is 12.5. The number of carbonyl (C=O) groups excluding carboxylic acids is 1. The van der Waals surface area contributed by atoms with Crippen LogP contribution >= 0.6 is 11.6 Å². The van der Waals surface area contributed by atoms with E-state index in [4.69, 9.17) is 16.3 Å². The van der Waals surface area contributed by atoms with Gasteiger partial charge in [0.05, 0.1) is 23.9 Å². The van der Waals surface area contributed by atoms with Crippen molar-refractivity contribution in [1.82, 2.24) is 20.1 Å². The summed E-state index contributed by atoms with van der Waals surface area (Å²) >= 11 is 6.17. The second-order valence-corrected chi connectivity index (χ2v) is 7.67. The van der Waals surface area contributed by atoms with Crippen LogP contribution in [0.2, 0.25) is 5.02 Å². The van der Waals surface area contributed by atoms with E-state index < -0.39 is 0 Å². The van der Waals surface area contributed by atoms with Gasteiger partial charge in [0.1, 0.15) is 5.02 Å². The summed E-state index contributed by atoms with van der Waals surface area (Å²) in [7, 11) is 0. The van der Waals surface area contributed by atoms with Gasteiger partial charge in [0.15, 0.2) is 0 Å². The average Bonchev–Trinajstić information content (AvgIpc) is 2.98. The van der Waals surface area contributed by atoms with Crippen LogP contribution in [0.4, 0.5) is 0 Å². The number of aromatic nitrogens is 3. The highest BCUT2D eigenvalue weighted by molar-refractivity contribution is 6.32. The third kappa shape index (κ3) is 5.57. The van der Waals surface area contributed by atoms with Gasteiger partial charge >= 0.3 is 0 Å². The Morgan fingerprint density at radius 2 is 1.97 bits per heavy atom. The molecule has 0 aliphatic carbocycles. The van der Waals surface area contributed by atoms with E-state index in [0.717, 1.165) is 22.5 Å². The van der Waals surface area contributed by atoms with Crippen LogP contribution in [-0.4, -0.2) is 26.8 Å². The number of rotatable bonds is 7. The highest BCUT2D eigenvalue weighted by Crippen LogP contribution is 2.23. The molecule has 1 N–H and O–H groups in total. The topological polar surface area (TPSA) is 69.0 Å². The van der Waals surface area contributed by atoms with Gasteiger partial charge in [0.2, 0.25) is 5.88 Å². The minimum Gasteiger partial charge on any atom is -0.474 e. The molecule has 6 nitrogen and oxygen atoms in total. The Bertz CT molecular complexity index is 1010. The summed E-state index contributed by atoms with van der Waals surface area (Å²) < 4.78 is 7.47. The van der Waals surface area contributed by atoms with Gasteiger partial charge in [-0.1, -0.05) is 35.9 Å². The Labute approximate surface area is 175 Å². The van der Waals surface area contributed by atoms with Crippen molar-refractivity contribution >= 4 is 17.5 Å². The van der Waals surface area contributed by atoms with Crippen molar-refractivity contribution in [3.63, 3.8) is 0 Å². The molecule has 0 spiro atoms. The number of carbonyl (C=O) groups is 1. The first kappa shape index (κ1) is 20.9. The van der Waals surface area contributed by atoms with Crippen molar-refractivity contribution in [2.75, 3.05) is 0 Å². The lowest BCUT2D eigenvalue weighted by atomic mass is 10.1. The molecule has 29 heavy (non-hydrogen) atoms. The van der Waals surface area contributed by atoms with E-state index in [-0.39, 0.29) is 12.0 Å². The number of hydrogen-bond donors (Lipinski definition) is 1. The lowest BCUT2D eigenvalue weighted by Gasteiger charge is -2.11. The standard InChI is InChI=1S/C22H25ClN4O2/c1-14(2)29-22-20(23)10-19(12-25-22)21(28)24-11-17-6-5-7-18(9-17)13-27-16(4)8-15(3)26-27/h5-10,12,14H,11,13H2,1-4H3,(H,24,28). The van der Waals surface area contributed by atoms with Crippen LogP contribution in [0.5, 0.6) is 5.88 Å². The molecule has 2 aromatic heterocycles. The van der Waals surface area contributed by atoms with Gasteiger partial charge in [-0.3, -0.25) is 9.48 Å². The Morgan fingerprint density at radius 3 is 2.62 bits per heavy atom. The summed E-state index contributed by atoms with van der Waals surface area (Å²) in [4.78, 5) is 16.6. The zero-order valence-electron chi connectivity index (χ0n) is 17.1. The molecular weight excluding hydrogens is 388 g/mol. The summed E-state index contributed by atoms with van der Waals surface area (Å²) in [5.74, 6) is 0.0921. The van der Waals surface area contributed by atoms with Crippen LogP contribution in [0.1, 0.15) is 46.7 Å². The van der Waals surface area contributed by atoms with Gasteiger partial charge in [-0.05, 0) is 51.0 Å². The van der Waals surface area contributed by atoms with E-state index >= 15 is 0 Å². The average molecular weight is 413 g/mol. The van der Waals surface area contributed by atoms with Crippen molar-refractivity contribution in [2.45, 2.75) is 46.9 Å². The number of nitrogens with one attached hydrogen (secondary N) is 1. The quantitative estimate of drug-likeness (QED) is 0.627. The first-order valence-corrected chi connectivity index (χ1v) is 9.89. The summed E-state index contributed by atoms with van der Waals surface area (Å²) in [6.07, 6.45) is 1.43. The van der Waals surface area contributed by atoms with Crippen LogP contribution in [0.15, 0.2) is 42.6 Å². The van der Waals surface area contributed by atoms with E-state index in [0.29, 0.717) is 29.6 Å². The molecule has 0 aliphatic heterocycles. The van der Waals surface area contributed by atoms with E-state index in [1.54, 1.807) is 6.07 Å². The minimum atomic E-state index is -0.237. The predicted octanol–water partition coefficient (Wildman–Crippen LogP) is 4.31. The van der Waals surface area contributed by atoms with Crippen LogP contribution in [-0.2, 0) is 13.1 Å². The molecular formula is C22H25ClN4O2.